The minimum absolute atomic E-state index is 0.00382. The Morgan fingerprint density at radius 3 is 2.76 bits per heavy atom. The predicted octanol–water partition coefficient (Wildman–Crippen LogP) is 6.14. The monoisotopic (exact) mass is 495 g/mol. The van der Waals surface area contributed by atoms with E-state index in [1.807, 2.05) is 36.4 Å². The molecule has 8 heteroatoms. The quantitative estimate of drug-likeness (QED) is 0.312. The highest BCUT2D eigenvalue weighted by molar-refractivity contribution is 8.00. The van der Waals surface area contributed by atoms with Gasteiger partial charge in [0.2, 0.25) is 5.91 Å². The van der Waals surface area contributed by atoms with Crippen LogP contribution in [0.15, 0.2) is 53.4 Å². The van der Waals surface area contributed by atoms with Gasteiger partial charge in [0, 0.05) is 28.4 Å². The van der Waals surface area contributed by atoms with Crippen molar-refractivity contribution >= 4 is 55.6 Å². The number of fused-ring (bicyclic) bond motifs is 2. The van der Waals surface area contributed by atoms with E-state index in [2.05, 4.69) is 29.3 Å². The summed E-state index contributed by atoms with van der Waals surface area (Å²) in [6.45, 7) is 5.21. The van der Waals surface area contributed by atoms with Crippen molar-refractivity contribution in [1.29, 1.82) is 0 Å². The first-order valence-electron chi connectivity index (χ1n) is 10.9. The highest BCUT2D eigenvalue weighted by Gasteiger charge is 2.27. The molecule has 0 saturated carbocycles. The van der Waals surface area contributed by atoms with E-state index in [1.165, 1.54) is 26.9 Å². The molecule has 33 heavy (non-hydrogen) atoms. The summed E-state index contributed by atoms with van der Waals surface area (Å²) in [4.78, 5) is 22.7. The molecule has 4 aromatic rings. The zero-order valence-corrected chi connectivity index (χ0v) is 21.0. The first-order valence-corrected chi connectivity index (χ1v) is 13.6. The number of aromatic nitrogens is 1. The van der Waals surface area contributed by atoms with Gasteiger partial charge in [0.1, 0.15) is 15.8 Å². The standard InChI is InChI=1S/C25H25N3O2S3/c1-3-28-13-12-18-21(14-28)33-25(23(18)24-26-19-6-4-5-7-20(19)32-24)27-22(29)15-31-17-10-8-16(30-2)9-11-17/h4-11H,3,12-15H2,1-2H3,(H,27,29). The lowest BCUT2D eigenvalue weighted by molar-refractivity contribution is -0.113. The molecular weight excluding hydrogens is 470 g/mol. The number of thiophene rings is 1. The lowest BCUT2D eigenvalue weighted by atomic mass is 10.0. The number of para-hydroxylation sites is 1. The van der Waals surface area contributed by atoms with Gasteiger partial charge in [-0.15, -0.1) is 34.4 Å². The van der Waals surface area contributed by atoms with Crippen LogP contribution < -0.4 is 10.1 Å². The molecule has 0 aliphatic carbocycles. The topological polar surface area (TPSA) is 54.5 Å². The van der Waals surface area contributed by atoms with Crippen LogP contribution in [0.3, 0.4) is 0 Å². The smallest absolute Gasteiger partial charge is 0.235 e. The van der Waals surface area contributed by atoms with Gasteiger partial charge in [0.05, 0.1) is 23.1 Å². The van der Waals surface area contributed by atoms with Crippen molar-refractivity contribution in [1.82, 2.24) is 9.88 Å². The summed E-state index contributed by atoms with van der Waals surface area (Å²) in [6, 6.07) is 16.0. The third-order valence-electron chi connectivity index (χ3n) is 5.77. The van der Waals surface area contributed by atoms with Gasteiger partial charge in [-0.3, -0.25) is 9.69 Å². The number of carbonyl (C=O) groups excluding carboxylic acids is 1. The molecule has 0 bridgehead atoms. The van der Waals surface area contributed by atoms with Crippen LogP contribution in [0, 0.1) is 0 Å². The summed E-state index contributed by atoms with van der Waals surface area (Å²) in [5, 5.41) is 5.14. The molecule has 1 amide bonds. The largest absolute Gasteiger partial charge is 0.497 e. The molecule has 0 radical (unpaired) electrons. The number of hydrogen-bond acceptors (Lipinski definition) is 7. The number of thiazole rings is 1. The zero-order chi connectivity index (χ0) is 22.8. The fourth-order valence-electron chi connectivity index (χ4n) is 4.00. The van der Waals surface area contributed by atoms with Crippen LogP contribution >= 0.6 is 34.4 Å². The third kappa shape index (κ3) is 4.80. The number of thioether (sulfide) groups is 1. The third-order valence-corrected chi connectivity index (χ3v) is 8.97. The molecule has 5 nitrogen and oxygen atoms in total. The summed E-state index contributed by atoms with van der Waals surface area (Å²) in [5.41, 5.74) is 3.48. The Bertz CT molecular complexity index is 1250. The van der Waals surface area contributed by atoms with Crippen LogP contribution in [0.2, 0.25) is 0 Å². The molecule has 170 valence electrons. The maximum atomic E-state index is 12.9. The highest BCUT2D eigenvalue weighted by atomic mass is 32.2. The number of benzene rings is 2. The lowest BCUT2D eigenvalue weighted by Gasteiger charge is -2.25. The van der Waals surface area contributed by atoms with Gasteiger partial charge in [-0.2, -0.15) is 0 Å². The number of hydrogen-bond donors (Lipinski definition) is 1. The van der Waals surface area contributed by atoms with Gasteiger partial charge in [-0.05, 0) is 54.9 Å². The molecule has 2 aromatic heterocycles. The SMILES string of the molecule is CCN1CCc2c(sc(NC(=O)CSc3ccc(OC)cc3)c2-c2nc3ccccc3s2)C1. The van der Waals surface area contributed by atoms with Crippen molar-refractivity contribution in [3.8, 4) is 16.3 Å². The Balaban J connectivity index is 1.41. The van der Waals surface area contributed by atoms with E-state index < -0.39 is 0 Å². The minimum Gasteiger partial charge on any atom is -0.497 e. The number of likely N-dealkylation sites (N-methyl/N-ethyl adjacent to an activating group) is 1. The van der Waals surface area contributed by atoms with Crippen molar-refractivity contribution in [3.63, 3.8) is 0 Å². The maximum Gasteiger partial charge on any atom is 0.235 e. The molecule has 0 unspecified atom stereocenters. The van der Waals surface area contributed by atoms with E-state index in [1.54, 1.807) is 29.8 Å². The van der Waals surface area contributed by atoms with E-state index in [0.717, 1.165) is 57.8 Å². The number of rotatable bonds is 7. The van der Waals surface area contributed by atoms with Gasteiger partial charge in [-0.1, -0.05) is 19.1 Å². The molecule has 0 atom stereocenters. The number of methoxy groups -OCH3 is 1. The zero-order valence-electron chi connectivity index (χ0n) is 18.6. The van der Waals surface area contributed by atoms with Crippen LogP contribution in [-0.4, -0.2) is 41.7 Å². The Hall–Kier alpha value is -2.39. The Labute approximate surface area is 205 Å². The number of carbonyl (C=O) groups is 1. The van der Waals surface area contributed by atoms with Crippen LogP contribution in [0.1, 0.15) is 17.4 Å². The predicted molar refractivity (Wildman–Crippen MR) is 140 cm³/mol. The summed E-state index contributed by atoms with van der Waals surface area (Å²) in [6.07, 6.45) is 0.988. The molecule has 0 saturated heterocycles. The van der Waals surface area contributed by atoms with Crippen molar-refractivity contribution in [2.45, 2.75) is 24.8 Å². The van der Waals surface area contributed by atoms with Crippen LogP contribution in [0.5, 0.6) is 5.75 Å². The fourth-order valence-corrected chi connectivity index (χ4v) is 7.12. The first-order chi connectivity index (χ1) is 16.1. The number of nitrogens with one attached hydrogen (secondary N) is 1. The molecule has 1 aliphatic heterocycles. The molecular formula is C25H25N3O2S3. The average Bonchev–Trinajstić information content (AvgIpc) is 3.42. The van der Waals surface area contributed by atoms with Gasteiger partial charge in [-0.25, -0.2) is 4.98 Å². The highest BCUT2D eigenvalue weighted by Crippen LogP contribution is 2.45. The molecule has 5 rings (SSSR count). The van der Waals surface area contributed by atoms with Crippen molar-refractivity contribution < 1.29 is 9.53 Å². The Morgan fingerprint density at radius 2 is 2.00 bits per heavy atom. The van der Waals surface area contributed by atoms with E-state index in [4.69, 9.17) is 9.72 Å². The molecule has 0 fully saturated rings. The average molecular weight is 496 g/mol. The summed E-state index contributed by atoms with van der Waals surface area (Å²) in [7, 11) is 1.65. The normalized spacial score (nSPS) is 13.8. The molecule has 1 N–H and O–H groups in total. The van der Waals surface area contributed by atoms with Crippen LogP contribution in [0.25, 0.3) is 20.8 Å². The second kappa shape index (κ2) is 9.85. The fraction of sp³-hybridized carbons (Fsp3) is 0.280. The summed E-state index contributed by atoms with van der Waals surface area (Å²) < 4.78 is 6.38. The number of amides is 1. The van der Waals surface area contributed by atoms with Crippen molar-refractivity contribution in [3.05, 3.63) is 59.0 Å². The van der Waals surface area contributed by atoms with Crippen LogP contribution in [-0.2, 0) is 17.8 Å². The van der Waals surface area contributed by atoms with Crippen LogP contribution in [0.4, 0.5) is 5.00 Å². The van der Waals surface area contributed by atoms with E-state index in [-0.39, 0.29) is 5.91 Å². The van der Waals surface area contributed by atoms with Gasteiger partial charge in [0.15, 0.2) is 0 Å². The van der Waals surface area contributed by atoms with E-state index in [0.29, 0.717) is 5.75 Å². The Kier molecular flexibility index (Phi) is 6.69. The Morgan fingerprint density at radius 1 is 1.18 bits per heavy atom. The van der Waals surface area contributed by atoms with E-state index in [9.17, 15) is 4.79 Å². The van der Waals surface area contributed by atoms with E-state index >= 15 is 0 Å². The van der Waals surface area contributed by atoms with Gasteiger partial charge in [0.25, 0.3) is 0 Å². The molecule has 1 aliphatic rings. The summed E-state index contributed by atoms with van der Waals surface area (Å²) in [5.74, 6) is 1.17. The molecule has 0 spiro atoms. The summed E-state index contributed by atoms with van der Waals surface area (Å²) >= 11 is 4.94. The van der Waals surface area contributed by atoms with Gasteiger partial charge >= 0.3 is 0 Å². The molecule has 3 heterocycles. The van der Waals surface area contributed by atoms with Crippen molar-refractivity contribution in [2.75, 3.05) is 31.3 Å². The minimum atomic E-state index is 0.00382. The lowest BCUT2D eigenvalue weighted by Crippen LogP contribution is -2.29. The first kappa shape index (κ1) is 22.4. The number of anilines is 1. The number of ether oxygens (including phenoxy) is 1. The van der Waals surface area contributed by atoms with Gasteiger partial charge < -0.3 is 10.1 Å². The van der Waals surface area contributed by atoms with Crippen molar-refractivity contribution in [2.24, 2.45) is 0 Å². The molecule has 2 aromatic carbocycles. The second-order valence-corrected chi connectivity index (χ2v) is 11.0. The second-order valence-electron chi connectivity index (χ2n) is 7.83. The maximum absolute atomic E-state index is 12.9. The number of nitrogens with zero attached hydrogens (tertiary/aromatic N) is 2.